The van der Waals surface area contributed by atoms with E-state index in [2.05, 4.69) is 26.5 Å². The van der Waals surface area contributed by atoms with E-state index in [1.54, 1.807) is 0 Å². The quantitative estimate of drug-likeness (QED) is 0.678. The van der Waals surface area contributed by atoms with Crippen LogP contribution in [0.5, 0.6) is 0 Å². The lowest BCUT2D eigenvalue weighted by atomic mass is 10.00. The van der Waals surface area contributed by atoms with Crippen LogP contribution < -0.4 is 15.5 Å². The second kappa shape index (κ2) is 9.03. The maximum atomic E-state index is 11.7. The first kappa shape index (κ1) is 20.0. The molecule has 0 aromatic heterocycles. The Bertz CT molecular complexity index is 850. The molecule has 0 radical (unpaired) electrons. The fourth-order valence-corrected chi connectivity index (χ4v) is 4.17. The van der Waals surface area contributed by atoms with E-state index in [0.717, 1.165) is 44.0 Å². The van der Waals surface area contributed by atoms with E-state index in [9.17, 15) is 9.90 Å². The van der Waals surface area contributed by atoms with Gasteiger partial charge in [0.2, 0.25) is 5.91 Å². The SMILES string of the molecule is O=C1CCc2c(cccc2N2CCN(C[C@H](O)CNc3ccc(Cl)cc3)CC2)N1. The van der Waals surface area contributed by atoms with Crippen LogP contribution >= 0.6 is 11.6 Å². The number of piperazine rings is 1. The third-order valence-electron chi connectivity index (χ3n) is 5.60. The molecule has 1 atom stereocenters. The molecule has 0 aliphatic carbocycles. The van der Waals surface area contributed by atoms with Crippen LogP contribution in [0.15, 0.2) is 42.5 Å². The van der Waals surface area contributed by atoms with Crippen molar-refractivity contribution in [3.63, 3.8) is 0 Å². The van der Waals surface area contributed by atoms with Crippen molar-refractivity contribution in [2.45, 2.75) is 18.9 Å². The number of benzene rings is 2. The molecule has 29 heavy (non-hydrogen) atoms. The van der Waals surface area contributed by atoms with Gasteiger partial charge in [-0.05, 0) is 48.4 Å². The Morgan fingerprint density at radius 2 is 1.83 bits per heavy atom. The average molecular weight is 415 g/mol. The third kappa shape index (κ3) is 5.01. The highest BCUT2D eigenvalue weighted by Gasteiger charge is 2.24. The molecule has 0 unspecified atom stereocenters. The van der Waals surface area contributed by atoms with Crippen molar-refractivity contribution in [2.24, 2.45) is 0 Å². The molecule has 1 fully saturated rings. The highest BCUT2D eigenvalue weighted by Crippen LogP contribution is 2.32. The first-order chi connectivity index (χ1) is 14.1. The summed E-state index contributed by atoms with van der Waals surface area (Å²) < 4.78 is 0. The predicted octanol–water partition coefficient (Wildman–Crippen LogP) is 2.82. The van der Waals surface area contributed by atoms with Crippen LogP contribution in [0.1, 0.15) is 12.0 Å². The summed E-state index contributed by atoms with van der Waals surface area (Å²) in [6.45, 7) is 4.82. The number of carbonyl (C=O) groups excluding carboxylic acids is 1. The minimum absolute atomic E-state index is 0.0978. The van der Waals surface area contributed by atoms with E-state index >= 15 is 0 Å². The minimum Gasteiger partial charge on any atom is -0.390 e. The van der Waals surface area contributed by atoms with Gasteiger partial charge in [0.15, 0.2) is 0 Å². The van der Waals surface area contributed by atoms with Crippen LogP contribution in [0.3, 0.4) is 0 Å². The molecule has 2 aliphatic heterocycles. The number of aliphatic hydroxyl groups is 1. The number of anilines is 3. The van der Waals surface area contributed by atoms with Gasteiger partial charge in [0.1, 0.15) is 0 Å². The zero-order valence-corrected chi connectivity index (χ0v) is 17.2. The van der Waals surface area contributed by atoms with Gasteiger partial charge in [-0.15, -0.1) is 0 Å². The maximum absolute atomic E-state index is 11.7. The molecular weight excluding hydrogens is 388 g/mol. The topological polar surface area (TPSA) is 67.8 Å². The molecule has 2 aliphatic rings. The maximum Gasteiger partial charge on any atom is 0.224 e. The van der Waals surface area contributed by atoms with Gasteiger partial charge in [-0.1, -0.05) is 17.7 Å². The van der Waals surface area contributed by atoms with Gasteiger partial charge in [0, 0.05) is 67.8 Å². The summed E-state index contributed by atoms with van der Waals surface area (Å²) in [5.74, 6) is 0.0978. The van der Waals surface area contributed by atoms with Crippen LogP contribution in [0.2, 0.25) is 5.02 Å². The van der Waals surface area contributed by atoms with Crippen molar-refractivity contribution in [1.82, 2.24) is 4.90 Å². The van der Waals surface area contributed by atoms with Gasteiger partial charge in [0.25, 0.3) is 0 Å². The van der Waals surface area contributed by atoms with E-state index in [4.69, 9.17) is 11.6 Å². The summed E-state index contributed by atoms with van der Waals surface area (Å²) in [6, 6.07) is 13.6. The largest absolute Gasteiger partial charge is 0.390 e. The van der Waals surface area contributed by atoms with Crippen molar-refractivity contribution in [3.8, 4) is 0 Å². The van der Waals surface area contributed by atoms with Crippen LogP contribution in [-0.2, 0) is 11.2 Å². The number of hydrogen-bond acceptors (Lipinski definition) is 5. The van der Waals surface area contributed by atoms with Crippen LogP contribution in [0.4, 0.5) is 17.1 Å². The van der Waals surface area contributed by atoms with Gasteiger partial charge in [-0.25, -0.2) is 0 Å². The average Bonchev–Trinajstić information content (AvgIpc) is 2.73. The summed E-state index contributed by atoms with van der Waals surface area (Å²) in [5.41, 5.74) is 4.38. The molecule has 2 heterocycles. The molecule has 154 valence electrons. The standard InChI is InChI=1S/C22H27ClN4O2/c23-16-4-6-17(7-5-16)24-14-18(28)15-26-10-12-27(13-11-26)21-3-1-2-20-19(21)8-9-22(29)25-20/h1-7,18,24,28H,8-15H2,(H,25,29)/t18-/m1/s1. The fraction of sp³-hybridized carbons (Fsp3) is 0.409. The molecule has 0 bridgehead atoms. The molecule has 0 saturated carbocycles. The van der Waals surface area contributed by atoms with Crippen molar-refractivity contribution < 1.29 is 9.90 Å². The van der Waals surface area contributed by atoms with E-state index in [-0.39, 0.29) is 5.91 Å². The molecule has 4 rings (SSSR count). The number of carbonyl (C=O) groups is 1. The molecule has 1 amide bonds. The van der Waals surface area contributed by atoms with Crippen molar-refractivity contribution in [1.29, 1.82) is 0 Å². The predicted molar refractivity (Wildman–Crippen MR) is 118 cm³/mol. The number of fused-ring (bicyclic) bond motifs is 1. The van der Waals surface area contributed by atoms with E-state index in [0.29, 0.717) is 24.5 Å². The lowest BCUT2D eigenvalue weighted by molar-refractivity contribution is -0.116. The zero-order chi connectivity index (χ0) is 20.2. The van der Waals surface area contributed by atoms with Gasteiger partial charge in [-0.3, -0.25) is 9.69 Å². The molecule has 7 heteroatoms. The van der Waals surface area contributed by atoms with E-state index in [1.165, 1.54) is 11.3 Å². The number of amides is 1. The summed E-state index contributed by atoms with van der Waals surface area (Å²) in [6.07, 6.45) is 0.917. The molecule has 1 saturated heterocycles. The summed E-state index contributed by atoms with van der Waals surface area (Å²) >= 11 is 5.90. The number of rotatable bonds is 6. The zero-order valence-electron chi connectivity index (χ0n) is 16.4. The lowest BCUT2D eigenvalue weighted by Gasteiger charge is -2.38. The second-order valence-electron chi connectivity index (χ2n) is 7.68. The Morgan fingerprint density at radius 1 is 1.07 bits per heavy atom. The number of aliphatic hydroxyl groups excluding tert-OH is 1. The van der Waals surface area contributed by atoms with E-state index in [1.807, 2.05) is 36.4 Å². The Labute approximate surface area is 176 Å². The van der Waals surface area contributed by atoms with Gasteiger partial charge < -0.3 is 20.6 Å². The Kier molecular flexibility index (Phi) is 6.23. The number of halogens is 1. The van der Waals surface area contributed by atoms with Crippen LogP contribution in [0, 0.1) is 0 Å². The molecule has 6 nitrogen and oxygen atoms in total. The normalized spacial score (nSPS) is 18.1. The summed E-state index contributed by atoms with van der Waals surface area (Å²) in [7, 11) is 0. The highest BCUT2D eigenvalue weighted by atomic mass is 35.5. The third-order valence-corrected chi connectivity index (χ3v) is 5.85. The highest BCUT2D eigenvalue weighted by molar-refractivity contribution is 6.30. The van der Waals surface area contributed by atoms with Crippen molar-refractivity contribution in [2.75, 3.05) is 54.8 Å². The fourth-order valence-electron chi connectivity index (χ4n) is 4.04. The number of nitrogens with one attached hydrogen (secondary N) is 2. The minimum atomic E-state index is -0.433. The second-order valence-corrected chi connectivity index (χ2v) is 8.12. The molecule has 2 aromatic carbocycles. The van der Waals surface area contributed by atoms with Crippen molar-refractivity contribution in [3.05, 3.63) is 53.1 Å². The van der Waals surface area contributed by atoms with Crippen molar-refractivity contribution >= 4 is 34.6 Å². The monoisotopic (exact) mass is 414 g/mol. The summed E-state index contributed by atoms with van der Waals surface area (Å²) in [4.78, 5) is 16.4. The number of nitrogens with zero attached hydrogens (tertiary/aromatic N) is 2. The van der Waals surface area contributed by atoms with Crippen LogP contribution in [0.25, 0.3) is 0 Å². The molecule has 3 N–H and O–H groups in total. The smallest absolute Gasteiger partial charge is 0.224 e. The Balaban J connectivity index is 1.27. The van der Waals surface area contributed by atoms with Gasteiger partial charge in [-0.2, -0.15) is 0 Å². The Morgan fingerprint density at radius 3 is 2.59 bits per heavy atom. The molecule has 0 spiro atoms. The molecule has 2 aromatic rings. The lowest BCUT2D eigenvalue weighted by Crippen LogP contribution is -2.49. The molecular formula is C22H27ClN4O2. The summed E-state index contributed by atoms with van der Waals surface area (Å²) in [5, 5.41) is 17.3. The Hall–Kier alpha value is -2.28. The van der Waals surface area contributed by atoms with Gasteiger partial charge >= 0.3 is 0 Å². The number of hydrogen-bond donors (Lipinski definition) is 3. The first-order valence-corrected chi connectivity index (χ1v) is 10.5. The van der Waals surface area contributed by atoms with E-state index < -0.39 is 6.10 Å². The van der Waals surface area contributed by atoms with Crippen LogP contribution in [-0.4, -0.2) is 61.3 Å². The van der Waals surface area contributed by atoms with Gasteiger partial charge in [0.05, 0.1) is 6.10 Å². The number of β-amino-alcohol motifs (C(OH)–C–C–N with tert-alkyl or cyclic N) is 1. The first-order valence-electron chi connectivity index (χ1n) is 10.1.